The van der Waals surface area contributed by atoms with E-state index in [-0.39, 0.29) is 6.04 Å². The Morgan fingerprint density at radius 3 is 2.95 bits per heavy atom. The van der Waals surface area contributed by atoms with Crippen LogP contribution in [0.25, 0.3) is 0 Å². The van der Waals surface area contributed by atoms with Crippen molar-refractivity contribution in [3.05, 3.63) is 16.1 Å². The summed E-state index contributed by atoms with van der Waals surface area (Å²) in [7, 11) is 0. The second kappa shape index (κ2) is 6.48. The average Bonchev–Trinajstić information content (AvgIpc) is 2.86. The normalized spacial score (nSPS) is 24.5. The Morgan fingerprint density at radius 1 is 1.58 bits per heavy atom. The van der Waals surface area contributed by atoms with E-state index in [0.29, 0.717) is 12.5 Å². The molecule has 0 radical (unpaired) electrons. The molecule has 2 rings (SSSR count). The molecule has 1 saturated heterocycles. The van der Waals surface area contributed by atoms with Crippen LogP contribution in [0, 0.1) is 5.92 Å². The number of aryl methyl sites for hydroxylation is 1. The van der Waals surface area contributed by atoms with Gasteiger partial charge in [-0.2, -0.15) is 0 Å². The van der Waals surface area contributed by atoms with E-state index in [4.69, 9.17) is 0 Å². The zero-order valence-electron chi connectivity index (χ0n) is 11.6. The average molecular weight is 282 g/mol. The predicted molar refractivity (Wildman–Crippen MR) is 76.3 cm³/mol. The summed E-state index contributed by atoms with van der Waals surface area (Å²) in [6, 6.07) is -0.342. The molecule has 2 atom stereocenters. The maximum absolute atomic E-state index is 11.4. The number of hydrogen-bond donors (Lipinski definition) is 1. The van der Waals surface area contributed by atoms with Crippen LogP contribution in [0.5, 0.6) is 0 Å². The molecule has 19 heavy (non-hydrogen) atoms. The minimum absolute atomic E-state index is 0.342. The predicted octanol–water partition coefficient (Wildman–Crippen LogP) is 2.78. The molecular formula is C14H22N2O2S. The first-order chi connectivity index (χ1) is 9.13. The Kier molecular flexibility index (Phi) is 4.93. The zero-order valence-corrected chi connectivity index (χ0v) is 12.4. The topological polar surface area (TPSA) is 53.4 Å². The maximum atomic E-state index is 11.4. The Labute approximate surface area is 118 Å². The van der Waals surface area contributed by atoms with Crippen LogP contribution in [0.1, 0.15) is 43.8 Å². The van der Waals surface area contributed by atoms with Gasteiger partial charge >= 0.3 is 5.97 Å². The van der Waals surface area contributed by atoms with E-state index in [9.17, 15) is 9.90 Å². The van der Waals surface area contributed by atoms with Crippen molar-refractivity contribution in [1.29, 1.82) is 0 Å². The highest BCUT2D eigenvalue weighted by atomic mass is 32.1. The minimum atomic E-state index is -0.691. The van der Waals surface area contributed by atoms with Crippen LogP contribution in [0.15, 0.2) is 5.38 Å². The van der Waals surface area contributed by atoms with Crippen LogP contribution in [0.4, 0.5) is 0 Å². The van der Waals surface area contributed by atoms with Gasteiger partial charge in [-0.05, 0) is 31.7 Å². The standard InChI is InChI=1S/C14H22N2O2S/c1-3-10-5-6-16(12(7-10)14(17)18)8-11-9-19-13(4-2)15-11/h9-10,12H,3-8H2,1-2H3,(H,17,18). The van der Waals surface area contributed by atoms with E-state index < -0.39 is 5.97 Å². The van der Waals surface area contributed by atoms with Crippen LogP contribution in [-0.2, 0) is 17.8 Å². The molecule has 1 aliphatic heterocycles. The Bertz CT molecular complexity index is 433. The molecule has 1 aliphatic rings. The van der Waals surface area contributed by atoms with E-state index >= 15 is 0 Å². The molecule has 4 nitrogen and oxygen atoms in total. The second-order valence-corrected chi connectivity index (χ2v) is 6.15. The number of carboxylic acids is 1. The first-order valence-electron chi connectivity index (χ1n) is 7.04. The molecule has 5 heteroatoms. The van der Waals surface area contributed by atoms with Crippen LogP contribution in [-0.4, -0.2) is 33.5 Å². The van der Waals surface area contributed by atoms with Gasteiger partial charge in [-0.25, -0.2) is 4.98 Å². The van der Waals surface area contributed by atoms with Gasteiger partial charge in [0.25, 0.3) is 0 Å². The third-order valence-electron chi connectivity index (χ3n) is 3.95. The van der Waals surface area contributed by atoms with E-state index in [1.165, 1.54) is 0 Å². The summed E-state index contributed by atoms with van der Waals surface area (Å²) in [5, 5.41) is 12.6. The lowest BCUT2D eigenvalue weighted by Gasteiger charge is -2.36. The van der Waals surface area contributed by atoms with Gasteiger partial charge in [-0.15, -0.1) is 11.3 Å². The molecule has 2 unspecified atom stereocenters. The van der Waals surface area contributed by atoms with Crippen LogP contribution in [0.2, 0.25) is 0 Å². The van der Waals surface area contributed by atoms with Gasteiger partial charge in [0, 0.05) is 11.9 Å². The third-order valence-corrected chi connectivity index (χ3v) is 4.99. The maximum Gasteiger partial charge on any atom is 0.320 e. The van der Waals surface area contributed by atoms with Crippen molar-refractivity contribution in [1.82, 2.24) is 9.88 Å². The molecule has 1 aromatic rings. The van der Waals surface area contributed by atoms with Crippen LogP contribution >= 0.6 is 11.3 Å². The van der Waals surface area contributed by atoms with Gasteiger partial charge in [0.05, 0.1) is 10.7 Å². The summed E-state index contributed by atoms with van der Waals surface area (Å²) in [6.45, 7) is 5.78. The minimum Gasteiger partial charge on any atom is -0.480 e. The van der Waals surface area contributed by atoms with Gasteiger partial charge in [0.1, 0.15) is 6.04 Å². The van der Waals surface area contributed by atoms with Gasteiger partial charge in [0.2, 0.25) is 0 Å². The molecular weight excluding hydrogens is 260 g/mol. The Morgan fingerprint density at radius 2 is 2.37 bits per heavy atom. The summed E-state index contributed by atoms with van der Waals surface area (Å²) in [6.07, 6.45) is 3.90. The van der Waals surface area contributed by atoms with Crippen molar-refractivity contribution in [3.63, 3.8) is 0 Å². The Balaban J connectivity index is 2.03. The number of thiazole rings is 1. The smallest absolute Gasteiger partial charge is 0.320 e. The Hall–Kier alpha value is -0.940. The molecule has 106 valence electrons. The van der Waals surface area contributed by atoms with Crippen molar-refractivity contribution in [2.75, 3.05) is 6.54 Å². The number of rotatable bonds is 5. The largest absolute Gasteiger partial charge is 0.480 e. The first-order valence-corrected chi connectivity index (χ1v) is 7.92. The van der Waals surface area contributed by atoms with Gasteiger partial charge in [-0.1, -0.05) is 20.3 Å². The quantitative estimate of drug-likeness (QED) is 0.902. The SMILES string of the molecule is CCc1nc(CN2CCC(CC)CC2C(=O)O)cs1. The number of aliphatic carboxylic acids is 1. The highest BCUT2D eigenvalue weighted by Crippen LogP contribution is 2.27. The van der Waals surface area contributed by atoms with Crippen molar-refractivity contribution >= 4 is 17.3 Å². The highest BCUT2D eigenvalue weighted by molar-refractivity contribution is 7.09. The molecule has 1 fully saturated rings. The van der Waals surface area contributed by atoms with Crippen LogP contribution < -0.4 is 0 Å². The van der Waals surface area contributed by atoms with Crippen LogP contribution in [0.3, 0.4) is 0 Å². The molecule has 0 amide bonds. The van der Waals surface area contributed by atoms with Crippen molar-refractivity contribution in [3.8, 4) is 0 Å². The molecule has 1 aromatic heterocycles. The van der Waals surface area contributed by atoms with Crippen molar-refractivity contribution in [2.24, 2.45) is 5.92 Å². The lowest BCUT2D eigenvalue weighted by atomic mass is 9.89. The monoisotopic (exact) mass is 282 g/mol. The van der Waals surface area contributed by atoms with Gasteiger partial charge < -0.3 is 5.11 Å². The lowest BCUT2D eigenvalue weighted by molar-refractivity contribution is -0.145. The summed E-state index contributed by atoms with van der Waals surface area (Å²) >= 11 is 1.67. The van der Waals surface area contributed by atoms with Crippen molar-refractivity contribution < 1.29 is 9.90 Å². The molecule has 2 heterocycles. The highest BCUT2D eigenvalue weighted by Gasteiger charge is 2.32. The summed E-state index contributed by atoms with van der Waals surface area (Å²) in [4.78, 5) is 18.0. The number of aromatic nitrogens is 1. The van der Waals surface area contributed by atoms with Gasteiger partial charge in [-0.3, -0.25) is 9.69 Å². The molecule has 1 N–H and O–H groups in total. The van der Waals surface area contributed by atoms with E-state index in [1.54, 1.807) is 11.3 Å². The third kappa shape index (κ3) is 3.54. The number of likely N-dealkylation sites (tertiary alicyclic amines) is 1. The molecule has 0 aliphatic carbocycles. The first kappa shape index (κ1) is 14.5. The summed E-state index contributed by atoms with van der Waals surface area (Å²) in [5.74, 6) is -0.136. The number of carbonyl (C=O) groups is 1. The molecule has 0 saturated carbocycles. The number of hydrogen-bond acceptors (Lipinski definition) is 4. The van der Waals surface area contributed by atoms with E-state index in [2.05, 4.69) is 29.1 Å². The van der Waals surface area contributed by atoms with Crippen molar-refractivity contribution in [2.45, 2.75) is 52.1 Å². The van der Waals surface area contributed by atoms with E-state index in [1.807, 2.05) is 0 Å². The molecule has 0 bridgehead atoms. The molecule has 0 aromatic carbocycles. The number of carboxylic acid groups (broad SMARTS) is 1. The zero-order chi connectivity index (χ0) is 13.8. The fourth-order valence-corrected chi connectivity index (χ4v) is 3.43. The fraction of sp³-hybridized carbons (Fsp3) is 0.714. The summed E-state index contributed by atoms with van der Waals surface area (Å²) in [5.41, 5.74) is 1.02. The second-order valence-electron chi connectivity index (χ2n) is 5.21. The number of piperidine rings is 1. The molecule has 0 spiro atoms. The summed E-state index contributed by atoms with van der Waals surface area (Å²) < 4.78 is 0. The number of nitrogens with zero attached hydrogens (tertiary/aromatic N) is 2. The van der Waals surface area contributed by atoms with E-state index in [0.717, 1.165) is 42.9 Å². The lowest BCUT2D eigenvalue weighted by Crippen LogP contribution is -2.46. The fourth-order valence-electron chi connectivity index (χ4n) is 2.70. The van der Waals surface area contributed by atoms with Gasteiger partial charge in [0.15, 0.2) is 0 Å².